The number of amides is 4. The number of carbonyl (C=O) groups excluding carboxylic acids is 2. The van der Waals surface area contributed by atoms with Crippen molar-refractivity contribution in [1.82, 2.24) is 27.1 Å². The fraction of sp³-hybridized carbons (Fsp3) is 0.0556. The molecule has 0 saturated carbocycles. The minimum absolute atomic E-state index is 0.346. The Balaban J connectivity index is 1.80. The van der Waals surface area contributed by atoms with Gasteiger partial charge in [-0.2, -0.15) is 15.3 Å². The second-order valence-corrected chi connectivity index (χ2v) is 5.57. The lowest BCUT2D eigenvalue weighted by atomic mass is 10.1. The SMILES string of the molecule is O=C1N/N=C/c2ccccc2/C=N/NC(=O)NNCc2ccccc2/C=N/N1. The van der Waals surface area contributed by atoms with Gasteiger partial charge in [0.05, 0.1) is 18.6 Å². The maximum atomic E-state index is 11.8. The number of hydrazone groups is 3. The Hall–Kier alpha value is -4.05. The van der Waals surface area contributed by atoms with Crippen LogP contribution in [0, 0.1) is 0 Å². The maximum Gasteiger partial charge on any atom is 0.355 e. The third-order valence-corrected chi connectivity index (χ3v) is 3.64. The number of urea groups is 2. The van der Waals surface area contributed by atoms with Crippen molar-refractivity contribution >= 4 is 30.7 Å². The first-order valence-corrected chi connectivity index (χ1v) is 8.33. The van der Waals surface area contributed by atoms with Crippen molar-refractivity contribution < 1.29 is 9.59 Å². The lowest BCUT2D eigenvalue weighted by molar-refractivity contribution is 0.236. The van der Waals surface area contributed by atoms with Gasteiger partial charge in [0.15, 0.2) is 0 Å². The molecule has 2 aromatic rings. The van der Waals surface area contributed by atoms with Gasteiger partial charge < -0.3 is 0 Å². The third kappa shape index (κ3) is 5.47. The highest BCUT2D eigenvalue weighted by atomic mass is 16.2. The molecule has 1 aliphatic rings. The first-order valence-electron chi connectivity index (χ1n) is 8.33. The molecule has 0 atom stereocenters. The highest BCUT2D eigenvalue weighted by Crippen LogP contribution is 2.05. The van der Waals surface area contributed by atoms with Crippen LogP contribution in [-0.4, -0.2) is 30.7 Å². The van der Waals surface area contributed by atoms with E-state index in [-0.39, 0.29) is 0 Å². The molecule has 0 bridgehead atoms. The van der Waals surface area contributed by atoms with E-state index in [2.05, 4.69) is 42.4 Å². The predicted molar refractivity (Wildman–Crippen MR) is 106 cm³/mol. The van der Waals surface area contributed by atoms with Crippen LogP contribution in [0.3, 0.4) is 0 Å². The smallest absolute Gasteiger partial charge is 0.271 e. The summed E-state index contributed by atoms with van der Waals surface area (Å²) >= 11 is 0. The van der Waals surface area contributed by atoms with E-state index in [0.29, 0.717) is 17.7 Å². The molecular weight excluding hydrogens is 360 g/mol. The van der Waals surface area contributed by atoms with Gasteiger partial charge >= 0.3 is 12.1 Å². The van der Waals surface area contributed by atoms with E-state index in [9.17, 15) is 9.59 Å². The van der Waals surface area contributed by atoms with Crippen molar-refractivity contribution in [2.45, 2.75) is 6.54 Å². The molecule has 10 heteroatoms. The average Bonchev–Trinajstić information content (AvgIpc) is 2.70. The first-order chi connectivity index (χ1) is 13.7. The third-order valence-electron chi connectivity index (χ3n) is 3.64. The molecule has 5 N–H and O–H groups in total. The molecule has 3 rings (SSSR count). The van der Waals surface area contributed by atoms with Crippen molar-refractivity contribution in [3.63, 3.8) is 0 Å². The lowest BCUT2D eigenvalue weighted by Gasteiger charge is -2.09. The van der Waals surface area contributed by atoms with E-state index in [4.69, 9.17) is 0 Å². The molecule has 0 fully saturated rings. The van der Waals surface area contributed by atoms with E-state index in [0.717, 1.165) is 11.1 Å². The van der Waals surface area contributed by atoms with Crippen LogP contribution < -0.4 is 27.1 Å². The van der Waals surface area contributed by atoms with Gasteiger partial charge in [-0.15, -0.1) is 0 Å². The number of carbonyl (C=O) groups is 2. The van der Waals surface area contributed by atoms with Gasteiger partial charge in [0.1, 0.15) is 0 Å². The van der Waals surface area contributed by atoms with Crippen LogP contribution in [0.1, 0.15) is 22.3 Å². The number of fused-ring (bicyclic) bond motifs is 2. The van der Waals surface area contributed by atoms with Crippen LogP contribution >= 0.6 is 0 Å². The Morgan fingerprint density at radius 3 is 1.79 bits per heavy atom. The van der Waals surface area contributed by atoms with Crippen LogP contribution in [0.4, 0.5) is 9.59 Å². The minimum atomic E-state index is -0.579. The van der Waals surface area contributed by atoms with Crippen molar-refractivity contribution in [3.05, 3.63) is 70.8 Å². The molecule has 2 aromatic carbocycles. The Labute approximate surface area is 160 Å². The van der Waals surface area contributed by atoms with E-state index in [1.54, 1.807) is 12.1 Å². The quantitative estimate of drug-likeness (QED) is 0.469. The Bertz CT molecular complexity index is 939. The number of nitrogens with one attached hydrogen (secondary N) is 5. The summed E-state index contributed by atoms with van der Waals surface area (Å²) in [4.78, 5) is 23.6. The first kappa shape index (κ1) is 18.7. The molecule has 4 amide bonds. The summed E-state index contributed by atoms with van der Waals surface area (Å²) in [6.45, 7) is 0.346. The zero-order chi connectivity index (χ0) is 19.6. The minimum Gasteiger partial charge on any atom is -0.271 e. The number of hydrogen-bond acceptors (Lipinski definition) is 6. The molecule has 1 aliphatic heterocycles. The monoisotopic (exact) mass is 378 g/mol. The van der Waals surface area contributed by atoms with E-state index in [1.807, 2.05) is 36.4 Å². The van der Waals surface area contributed by atoms with Crippen LogP contribution in [0.5, 0.6) is 0 Å². The van der Waals surface area contributed by atoms with Gasteiger partial charge in [-0.25, -0.2) is 31.3 Å². The fourth-order valence-electron chi connectivity index (χ4n) is 2.32. The summed E-state index contributed by atoms with van der Waals surface area (Å²) in [7, 11) is 0. The number of benzene rings is 2. The van der Waals surface area contributed by atoms with Gasteiger partial charge in [-0.3, -0.25) is 5.43 Å². The van der Waals surface area contributed by atoms with Gasteiger partial charge in [0.2, 0.25) is 0 Å². The molecule has 0 saturated heterocycles. The van der Waals surface area contributed by atoms with Gasteiger partial charge in [0.25, 0.3) is 0 Å². The summed E-state index contributed by atoms with van der Waals surface area (Å²) in [6.07, 6.45) is 4.44. The second kappa shape index (κ2) is 9.59. The fourth-order valence-corrected chi connectivity index (χ4v) is 2.32. The molecule has 0 spiro atoms. The molecule has 1 heterocycles. The van der Waals surface area contributed by atoms with Crippen molar-refractivity contribution in [3.8, 4) is 0 Å². The maximum absolute atomic E-state index is 11.8. The highest BCUT2D eigenvalue weighted by molar-refractivity contribution is 5.95. The zero-order valence-corrected chi connectivity index (χ0v) is 14.7. The second-order valence-electron chi connectivity index (χ2n) is 5.57. The van der Waals surface area contributed by atoms with Crippen LogP contribution in [-0.2, 0) is 6.54 Å². The molecule has 142 valence electrons. The predicted octanol–water partition coefficient (Wildman–Crippen LogP) is 1.01. The van der Waals surface area contributed by atoms with E-state index < -0.39 is 12.1 Å². The lowest BCUT2D eigenvalue weighted by Crippen LogP contribution is -2.42. The number of nitrogens with zero attached hydrogens (tertiary/aromatic N) is 3. The summed E-state index contributed by atoms with van der Waals surface area (Å²) in [5.41, 5.74) is 15.4. The Morgan fingerprint density at radius 1 is 0.643 bits per heavy atom. The number of hydrogen-bond donors (Lipinski definition) is 5. The molecule has 0 aliphatic carbocycles. The van der Waals surface area contributed by atoms with Crippen LogP contribution in [0.25, 0.3) is 0 Å². The highest BCUT2D eigenvalue weighted by Gasteiger charge is 2.03. The largest absolute Gasteiger partial charge is 0.355 e. The van der Waals surface area contributed by atoms with Crippen molar-refractivity contribution in [2.24, 2.45) is 15.3 Å². The standard InChI is InChI=1S/C18H18N8O2/c27-17-23-19-9-13-5-1-2-6-14(13)10-20-24-18(28)26-22-12-16-8-4-3-7-15(16)11-21-25-17/h1-11,22H,12H2,(H2,23,25,27)(H2,24,26,28)/b19-9+,20-10+,21-11+. The average molecular weight is 378 g/mol. The topological polar surface area (TPSA) is 131 Å². The Kier molecular flexibility index (Phi) is 6.42. The molecule has 0 aromatic heterocycles. The normalized spacial score (nSPS) is 18.4. The van der Waals surface area contributed by atoms with E-state index in [1.165, 1.54) is 18.6 Å². The molecule has 0 unspecified atom stereocenters. The van der Waals surface area contributed by atoms with Gasteiger partial charge in [-0.05, 0) is 11.1 Å². The summed E-state index contributed by atoms with van der Waals surface area (Å²) < 4.78 is 0. The summed E-state index contributed by atoms with van der Waals surface area (Å²) in [5, 5.41) is 11.7. The molecule has 28 heavy (non-hydrogen) atoms. The van der Waals surface area contributed by atoms with Crippen molar-refractivity contribution in [1.29, 1.82) is 0 Å². The molecular formula is C18H18N8O2. The van der Waals surface area contributed by atoms with Gasteiger partial charge in [-0.1, -0.05) is 48.5 Å². The van der Waals surface area contributed by atoms with Crippen molar-refractivity contribution in [2.75, 3.05) is 0 Å². The number of rotatable bonds is 0. The zero-order valence-electron chi connectivity index (χ0n) is 14.7. The van der Waals surface area contributed by atoms with Crippen LogP contribution in [0.15, 0.2) is 63.8 Å². The summed E-state index contributed by atoms with van der Waals surface area (Å²) in [5.74, 6) is 0. The van der Waals surface area contributed by atoms with Gasteiger partial charge in [0, 0.05) is 17.7 Å². The number of hydrazine groups is 1. The van der Waals surface area contributed by atoms with E-state index >= 15 is 0 Å². The molecule has 0 radical (unpaired) electrons. The molecule has 10 nitrogen and oxygen atoms in total. The summed E-state index contributed by atoms with van der Waals surface area (Å²) in [6, 6.07) is 13.5. The Morgan fingerprint density at radius 2 is 1.14 bits per heavy atom. The van der Waals surface area contributed by atoms with Crippen LogP contribution in [0.2, 0.25) is 0 Å².